The summed E-state index contributed by atoms with van der Waals surface area (Å²) in [6, 6.07) is 14.3. The number of nitrogens with one attached hydrogen (secondary N) is 1. The van der Waals surface area contributed by atoms with Crippen molar-refractivity contribution < 1.29 is 27.5 Å². The van der Waals surface area contributed by atoms with E-state index in [-0.39, 0.29) is 29.6 Å². The van der Waals surface area contributed by atoms with Crippen molar-refractivity contribution in [1.82, 2.24) is 9.62 Å². The van der Waals surface area contributed by atoms with Crippen LogP contribution in [0.1, 0.15) is 34.8 Å². The fraction of sp³-hybridized carbons (Fsp3) is 0.417. The van der Waals surface area contributed by atoms with Crippen LogP contribution in [0.15, 0.2) is 53.4 Å². The van der Waals surface area contributed by atoms with Gasteiger partial charge in [-0.1, -0.05) is 36.4 Å². The van der Waals surface area contributed by atoms with Crippen LogP contribution in [-0.2, 0) is 30.7 Å². The lowest BCUT2D eigenvalue weighted by Crippen LogP contribution is -2.40. The molecular formula is C24H30N2O6S. The van der Waals surface area contributed by atoms with E-state index in [1.165, 1.54) is 22.0 Å². The van der Waals surface area contributed by atoms with Crippen molar-refractivity contribution in [1.29, 1.82) is 0 Å². The minimum absolute atomic E-state index is 0.0536. The third-order valence-corrected chi connectivity index (χ3v) is 7.50. The molecule has 0 saturated carbocycles. The van der Waals surface area contributed by atoms with Crippen molar-refractivity contribution in [3.05, 3.63) is 65.2 Å². The average Bonchev–Trinajstić information content (AvgIpc) is 2.82. The normalized spacial score (nSPS) is 15.6. The molecule has 1 N–H and O–H groups in total. The molecule has 0 spiro atoms. The van der Waals surface area contributed by atoms with Crippen molar-refractivity contribution in [2.24, 2.45) is 0 Å². The van der Waals surface area contributed by atoms with E-state index in [1.54, 1.807) is 13.0 Å². The van der Waals surface area contributed by atoms with Crippen LogP contribution in [0.4, 0.5) is 0 Å². The van der Waals surface area contributed by atoms with Crippen LogP contribution < -0.4 is 5.32 Å². The van der Waals surface area contributed by atoms with Gasteiger partial charge in [-0.3, -0.25) is 4.79 Å². The molecule has 2 aromatic rings. The maximum Gasteiger partial charge on any atom is 0.338 e. The molecule has 1 heterocycles. The largest absolute Gasteiger partial charge is 0.452 e. The molecule has 9 heteroatoms. The molecule has 1 amide bonds. The van der Waals surface area contributed by atoms with Crippen LogP contribution in [0, 0.1) is 6.92 Å². The summed E-state index contributed by atoms with van der Waals surface area (Å²) in [6.07, 6.45) is 1.58. The molecule has 8 nitrogen and oxygen atoms in total. The first-order valence-electron chi connectivity index (χ1n) is 11.0. The standard InChI is InChI=1S/C24H30N2O6S/c1-18-8-11-21(16-22(18)33(29,30)26-12-14-31-15-13-26)24(28)32-17-23(27)25-19(2)9-10-20-6-4-3-5-7-20/h3-8,11,16,19H,9-10,12-15,17H2,1-2H3,(H,25,27). The van der Waals surface area contributed by atoms with E-state index in [4.69, 9.17) is 9.47 Å². The van der Waals surface area contributed by atoms with E-state index in [0.29, 0.717) is 18.8 Å². The van der Waals surface area contributed by atoms with Gasteiger partial charge in [0.15, 0.2) is 6.61 Å². The van der Waals surface area contributed by atoms with Crippen LogP contribution >= 0.6 is 0 Å². The number of carbonyl (C=O) groups is 2. The predicted octanol–water partition coefficient (Wildman–Crippen LogP) is 2.31. The Balaban J connectivity index is 1.54. The second kappa shape index (κ2) is 11.4. The van der Waals surface area contributed by atoms with Gasteiger partial charge >= 0.3 is 5.97 Å². The van der Waals surface area contributed by atoms with Crippen LogP contribution in [0.2, 0.25) is 0 Å². The molecule has 33 heavy (non-hydrogen) atoms. The highest BCUT2D eigenvalue weighted by Gasteiger charge is 2.28. The zero-order valence-electron chi connectivity index (χ0n) is 19.0. The molecule has 1 atom stereocenters. The number of morpholine rings is 1. The minimum Gasteiger partial charge on any atom is -0.452 e. The summed E-state index contributed by atoms with van der Waals surface area (Å²) in [5.74, 6) is -1.15. The number of ether oxygens (including phenoxy) is 2. The number of aryl methyl sites for hydroxylation is 2. The fourth-order valence-corrected chi connectivity index (χ4v) is 5.22. The van der Waals surface area contributed by atoms with Crippen molar-refractivity contribution in [3.63, 3.8) is 0 Å². The highest BCUT2D eigenvalue weighted by atomic mass is 32.2. The van der Waals surface area contributed by atoms with Gasteiger partial charge in [0.2, 0.25) is 10.0 Å². The highest BCUT2D eigenvalue weighted by molar-refractivity contribution is 7.89. The van der Waals surface area contributed by atoms with Gasteiger partial charge in [-0.25, -0.2) is 13.2 Å². The topological polar surface area (TPSA) is 102 Å². The molecular weight excluding hydrogens is 444 g/mol. The number of nitrogens with zero attached hydrogens (tertiary/aromatic N) is 1. The van der Waals surface area contributed by atoms with Gasteiger partial charge in [-0.05, 0) is 49.9 Å². The third kappa shape index (κ3) is 6.86. The summed E-state index contributed by atoms with van der Waals surface area (Å²) in [4.78, 5) is 24.7. The molecule has 1 unspecified atom stereocenters. The van der Waals surface area contributed by atoms with E-state index in [0.717, 1.165) is 12.8 Å². The van der Waals surface area contributed by atoms with Crippen LogP contribution in [0.5, 0.6) is 0 Å². The molecule has 2 aromatic carbocycles. The Kier molecular flexibility index (Phi) is 8.60. The van der Waals surface area contributed by atoms with E-state index in [1.807, 2.05) is 37.3 Å². The number of sulfonamides is 1. The van der Waals surface area contributed by atoms with E-state index < -0.39 is 28.5 Å². The summed E-state index contributed by atoms with van der Waals surface area (Å²) in [5.41, 5.74) is 1.80. The maximum absolute atomic E-state index is 13.0. The number of esters is 1. The Morgan fingerprint density at radius 3 is 2.52 bits per heavy atom. The molecule has 0 aromatic heterocycles. The second-order valence-corrected chi connectivity index (χ2v) is 9.97. The molecule has 3 rings (SSSR count). The SMILES string of the molecule is Cc1ccc(C(=O)OCC(=O)NC(C)CCc2ccccc2)cc1S(=O)(=O)N1CCOCC1. The highest BCUT2D eigenvalue weighted by Crippen LogP contribution is 2.22. The predicted molar refractivity (Wildman–Crippen MR) is 123 cm³/mol. The number of hydrogen-bond donors (Lipinski definition) is 1. The molecule has 0 radical (unpaired) electrons. The van der Waals surface area contributed by atoms with Gasteiger partial charge < -0.3 is 14.8 Å². The lowest BCUT2D eigenvalue weighted by Gasteiger charge is -2.26. The first-order chi connectivity index (χ1) is 15.8. The maximum atomic E-state index is 13.0. The minimum atomic E-state index is -3.76. The Morgan fingerprint density at radius 2 is 1.82 bits per heavy atom. The zero-order valence-corrected chi connectivity index (χ0v) is 19.8. The van der Waals surface area contributed by atoms with Gasteiger partial charge in [0.1, 0.15) is 0 Å². The van der Waals surface area contributed by atoms with E-state index >= 15 is 0 Å². The lowest BCUT2D eigenvalue weighted by molar-refractivity contribution is -0.124. The van der Waals surface area contributed by atoms with Crippen molar-refractivity contribution in [2.45, 2.75) is 37.6 Å². The van der Waals surface area contributed by atoms with Gasteiger partial charge in [-0.15, -0.1) is 0 Å². The number of amides is 1. The van der Waals surface area contributed by atoms with Crippen molar-refractivity contribution in [2.75, 3.05) is 32.9 Å². The second-order valence-electron chi connectivity index (χ2n) is 8.07. The summed E-state index contributed by atoms with van der Waals surface area (Å²) >= 11 is 0. The monoisotopic (exact) mass is 474 g/mol. The summed E-state index contributed by atoms with van der Waals surface area (Å²) in [5, 5.41) is 2.81. The van der Waals surface area contributed by atoms with E-state index in [9.17, 15) is 18.0 Å². The molecule has 1 saturated heterocycles. The first-order valence-corrected chi connectivity index (χ1v) is 12.4. The molecule has 0 aliphatic carbocycles. The number of hydrogen-bond acceptors (Lipinski definition) is 6. The summed E-state index contributed by atoms with van der Waals surface area (Å²) < 4.78 is 37.7. The quantitative estimate of drug-likeness (QED) is 0.560. The van der Waals surface area contributed by atoms with Crippen LogP contribution in [0.3, 0.4) is 0 Å². The zero-order chi connectivity index (χ0) is 23.8. The molecule has 1 aliphatic rings. The number of rotatable bonds is 9. The summed E-state index contributed by atoms with van der Waals surface area (Å²) in [6.45, 7) is 4.32. The fourth-order valence-electron chi connectivity index (χ4n) is 3.56. The van der Waals surface area contributed by atoms with Gasteiger partial charge in [0, 0.05) is 19.1 Å². The Morgan fingerprint density at radius 1 is 1.12 bits per heavy atom. The third-order valence-electron chi connectivity index (χ3n) is 5.46. The van der Waals surface area contributed by atoms with Gasteiger partial charge in [0.25, 0.3) is 5.91 Å². The molecule has 0 bridgehead atoms. The first kappa shape index (κ1) is 24.9. The van der Waals surface area contributed by atoms with Gasteiger partial charge in [-0.2, -0.15) is 4.31 Å². The van der Waals surface area contributed by atoms with Crippen molar-refractivity contribution in [3.8, 4) is 0 Å². The molecule has 178 valence electrons. The van der Waals surface area contributed by atoms with Gasteiger partial charge in [0.05, 0.1) is 23.7 Å². The molecule has 1 aliphatic heterocycles. The number of benzene rings is 2. The average molecular weight is 475 g/mol. The molecule has 1 fully saturated rings. The van der Waals surface area contributed by atoms with Crippen LogP contribution in [0.25, 0.3) is 0 Å². The Labute approximate surface area is 194 Å². The Bertz CT molecular complexity index is 1070. The van der Waals surface area contributed by atoms with Crippen LogP contribution in [-0.4, -0.2) is 63.6 Å². The smallest absolute Gasteiger partial charge is 0.338 e. The lowest BCUT2D eigenvalue weighted by atomic mass is 10.1. The Hall–Kier alpha value is -2.75. The van der Waals surface area contributed by atoms with Crippen molar-refractivity contribution >= 4 is 21.9 Å². The van der Waals surface area contributed by atoms with E-state index in [2.05, 4.69) is 5.32 Å². The number of carbonyl (C=O) groups excluding carboxylic acids is 2. The summed E-state index contributed by atoms with van der Waals surface area (Å²) in [7, 11) is -3.76.